The number of nitrogens with zero attached hydrogens (tertiary/aromatic N) is 2. The first kappa shape index (κ1) is 17.3. The smallest absolute Gasteiger partial charge is 0.375 e. The topological polar surface area (TPSA) is 75.9 Å². The molecule has 0 bridgehead atoms. The van der Waals surface area contributed by atoms with E-state index >= 15 is 0 Å². The van der Waals surface area contributed by atoms with Crippen LogP contribution < -0.4 is 10.6 Å². The zero-order valence-electron chi connectivity index (χ0n) is 14.0. The van der Waals surface area contributed by atoms with Crippen molar-refractivity contribution in [2.75, 3.05) is 37.6 Å². The zero-order valence-corrected chi connectivity index (χ0v) is 14.0. The molecule has 0 unspecified atom stereocenters. The predicted molar refractivity (Wildman–Crippen MR) is 89.5 cm³/mol. The summed E-state index contributed by atoms with van der Waals surface area (Å²) in [6.07, 6.45) is -0.607. The molecule has 6 nitrogen and oxygen atoms in total. The molecule has 0 saturated carbocycles. The molecule has 2 rings (SSSR count). The molecule has 1 fully saturated rings. The largest absolute Gasteiger partial charge is 0.417 e. The summed E-state index contributed by atoms with van der Waals surface area (Å²) in [5.41, 5.74) is 7.69. The van der Waals surface area contributed by atoms with Gasteiger partial charge in [0.2, 0.25) is 0 Å². The summed E-state index contributed by atoms with van der Waals surface area (Å²) in [5.74, 6) is -0.699. The Bertz CT molecular complexity index is 573. The summed E-state index contributed by atoms with van der Waals surface area (Å²) in [6.45, 7) is 8.75. The number of benzene rings is 1. The number of hydrogen-bond donors (Lipinski definition) is 1. The summed E-state index contributed by atoms with van der Waals surface area (Å²) < 4.78 is 4.66. The molecule has 1 aliphatic heterocycles. The quantitative estimate of drug-likeness (QED) is 0.663. The van der Waals surface area contributed by atoms with Gasteiger partial charge in [0, 0.05) is 31.9 Å². The summed E-state index contributed by atoms with van der Waals surface area (Å²) >= 11 is 0. The van der Waals surface area contributed by atoms with Gasteiger partial charge >= 0.3 is 12.1 Å². The second-order valence-corrected chi connectivity index (χ2v) is 6.69. The highest BCUT2D eigenvalue weighted by molar-refractivity contribution is 5.85. The van der Waals surface area contributed by atoms with Gasteiger partial charge in [0.25, 0.3) is 0 Å². The molecule has 1 heterocycles. The number of piperazine rings is 1. The van der Waals surface area contributed by atoms with Crippen molar-refractivity contribution in [3.05, 3.63) is 29.8 Å². The molecule has 2 N–H and O–H groups in total. The van der Waals surface area contributed by atoms with Crippen LogP contribution in [0.25, 0.3) is 0 Å². The van der Waals surface area contributed by atoms with Crippen molar-refractivity contribution in [1.29, 1.82) is 0 Å². The number of amides is 1. The van der Waals surface area contributed by atoms with Gasteiger partial charge in [0.05, 0.1) is 6.54 Å². The highest BCUT2D eigenvalue weighted by Crippen LogP contribution is 2.32. The minimum atomic E-state index is -0.699. The van der Waals surface area contributed by atoms with Gasteiger partial charge in [0.15, 0.2) is 0 Å². The van der Waals surface area contributed by atoms with Crippen molar-refractivity contribution in [1.82, 2.24) is 4.90 Å². The van der Waals surface area contributed by atoms with E-state index in [1.54, 1.807) is 4.90 Å². The van der Waals surface area contributed by atoms with Crippen LogP contribution in [0.1, 0.15) is 26.3 Å². The third-order valence-electron chi connectivity index (χ3n) is 3.96. The molecule has 0 atom stereocenters. The molecule has 0 radical (unpaired) electrons. The summed E-state index contributed by atoms with van der Waals surface area (Å²) in [7, 11) is 0. The van der Waals surface area contributed by atoms with Gasteiger partial charge in [-0.3, -0.25) is 4.79 Å². The lowest BCUT2D eigenvalue weighted by Gasteiger charge is -2.37. The number of nitrogens with two attached hydrogens (primary N) is 1. The van der Waals surface area contributed by atoms with E-state index in [2.05, 4.69) is 48.6 Å². The average molecular weight is 319 g/mol. The number of carbonyl (C=O) groups is 2. The Morgan fingerprint density at radius 2 is 1.74 bits per heavy atom. The Labute approximate surface area is 137 Å². The molecule has 126 valence electrons. The molecule has 0 spiro atoms. The number of ether oxygens (including phenoxy) is 1. The van der Waals surface area contributed by atoms with Crippen molar-refractivity contribution < 1.29 is 14.3 Å². The molecule has 1 amide bonds. The first-order valence-corrected chi connectivity index (χ1v) is 7.87. The average Bonchev–Trinajstić information content (AvgIpc) is 2.54. The third-order valence-corrected chi connectivity index (χ3v) is 3.96. The van der Waals surface area contributed by atoms with Crippen LogP contribution in [0, 0.1) is 0 Å². The Morgan fingerprint density at radius 1 is 1.13 bits per heavy atom. The van der Waals surface area contributed by atoms with Gasteiger partial charge in [0.1, 0.15) is 0 Å². The second kappa shape index (κ2) is 7.00. The van der Waals surface area contributed by atoms with Gasteiger partial charge in [-0.25, -0.2) is 4.79 Å². The van der Waals surface area contributed by atoms with Crippen LogP contribution in [0.2, 0.25) is 0 Å². The second-order valence-electron chi connectivity index (χ2n) is 6.69. The van der Waals surface area contributed by atoms with E-state index in [1.807, 2.05) is 6.07 Å². The normalized spacial score (nSPS) is 15.5. The zero-order chi connectivity index (χ0) is 17.0. The molecule has 0 aromatic heterocycles. The monoisotopic (exact) mass is 319 g/mol. The Balaban J connectivity index is 2.03. The first-order valence-electron chi connectivity index (χ1n) is 7.87. The molecule has 6 heteroatoms. The lowest BCUT2D eigenvalue weighted by atomic mass is 9.85. The molecule has 0 aliphatic carbocycles. The third kappa shape index (κ3) is 4.22. The van der Waals surface area contributed by atoms with Gasteiger partial charge in [-0.15, -0.1) is 0 Å². The Morgan fingerprint density at radius 3 is 2.30 bits per heavy atom. The highest BCUT2D eigenvalue weighted by Gasteiger charge is 2.26. The van der Waals surface area contributed by atoms with E-state index in [9.17, 15) is 9.59 Å². The lowest BCUT2D eigenvalue weighted by molar-refractivity contribution is -0.136. The van der Waals surface area contributed by atoms with Crippen LogP contribution in [0.3, 0.4) is 0 Å². The number of anilines is 1. The fourth-order valence-corrected chi connectivity index (χ4v) is 2.72. The van der Waals surface area contributed by atoms with Crippen molar-refractivity contribution >= 4 is 17.7 Å². The number of carbonyl (C=O) groups excluding carboxylic acids is 2. The van der Waals surface area contributed by atoms with Crippen LogP contribution in [-0.2, 0) is 14.9 Å². The minimum absolute atomic E-state index is 0.0558. The Hall–Kier alpha value is -2.08. The predicted octanol–water partition coefficient (Wildman–Crippen LogP) is 1.73. The van der Waals surface area contributed by atoms with Gasteiger partial charge in [-0.2, -0.15) is 0 Å². The summed E-state index contributed by atoms with van der Waals surface area (Å²) in [5, 5.41) is 0. The molecule has 1 aromatic rings. The van der Waals surface area contributed by atoms with E-state index in [0.717, 1.165) is 0 Å². The minimum Gasteiger partial charge on any atom is -0.375 e. The molecule has 1 aliphatic rings. The van der Waals surface area contributed by atoms with E-state index < -0.39 is 12.1 Å². The van der Waals surface area contributed by atoms with E-state index in [-0.39, 0.29) is 12.0 Å². The fraction of sp³-hybridized carbons (Fsp3) is 0.529. The van der Waals surface area contributed by atoms with Gasteiger partial charge < -0.3 is 20.3 Å². The van der Waals surface area contributed by atoms with Crippen LogP contribution in [0.15, 0.2) is 24.3 Å². The van der Waals surface area contributed by atoms with Gasteiger partial charge in [-0.05, 0) is 17.0 Å². The highest BCUT2D eigenvalue weighted by atomic mass is 16.6. The molecule has 23 heavy (non-hydrogen) atoms. The number of para-hydroxylation sites is 1. The van der Waals surface area contributed by atoms with Crippen molar-refractivity contribution in [3.8, 4) is 0 Å². The van der Waals surface area contributed by atoms with Crippen LogP contribution in [0.5, 0.6) is 0 Å². The lowest BCUT2D eigenvalue weighted by Crippen LogP contribution is -2.50. The van der Waals surface area contributed by atoms with Crippen molar-refractivity contribution in [2.45, 2.75) is 26.2 Å². The fourth-order valence-electron chi connectivity index (χ4n) is 2.72. The van der Waals surface area contributed by atoms with E-state index in [4.69, 9.17) is 5.73 Å². The molecule has 1 aromatic carbocycles. The first-order chi connectivity index (χ1) is 10.8. The van der Waals surface area contributed by atoms with Crippen LogP contribution in [-0.4, -0.2) is 49.7 Å². The molecular formula is C17H25N3O3. The molecule has 1 saturated heterocycles. The van der Waals surface area contributed by atoms with E-state index in [0.29, 0.717) is 26.2 Å². The summed E-state index contributed by atoms with van der Waals surface area (Å²) in [4.78, 5) is 26.8. The molecular weight excluding hydrogens is 294 g/mol. The SMILES string of the molecule is CC(C)(C)c1ccccc1N1CCN(C(=O)OC(=O)CN)CC1. The number of hydrogen-bond acceptors (Lipinski definition) is 5. The van der Waals surface area contributed by atoms with Crippen molar-refractivity contribution in [3.63, 3.8) is 0 Å². The Kier molecular flexibility index (Phi) is 5.26. The maximum atomic E-state index is 11.8. The summed E-state index contributed by atoms with van der Waals surface area (Å²) in [6, 6.07) is 8.35. The van der Waals surface area contributed by atoms with E-state index in [1.165, 1.54) is 11.3 Å². The van der Waals surface area contributed by atoms with Crippen LogP contribution >= 0.6 is 0 Å². The standard InChI is InChI=1S/C17H25N3O3/c1-17(2,3)13-6-4-5-7-14(13)19-8-10-20(11-9-19)16(22)23-15(21)12-18/h4-7H,8-12,18H2,1-3H3. The maximum Gasteiger partial charge on any atom is 0.417 e. The van der Waals surface area contributed by atoms with Crippen molar-refractivity contribution in [2.24, 2.45) is 5.73 Å². The number of rotatable bonds is 2. The maximum absolute atomic E-state index is 11.8. The number of esters is 1. The van der Waals surface area contributed by atoms with Gasteiger partial charge in [-0.1, -0.05) is 39.0 Å². The van der Waals surface area contributed by atoms with Crippen LogP contribution in [0.4, 0.5) is 10.5 Å².